The van der Waals surface area contributed by atoms with Crippen LogP contribution in [0.25, 0.3) is 0 Å². The second-order valence-corrected chi connectivity index (χ2v) is 5.95. The summed E-state index contributed by atoms with van der Waals surface area (Å²) in [5, 5.41) is 22.2. The van der Waals surface area contributed by atoms with Crippen LogP contribution in [0.4, 0.5) is 5.82 Å². The third-order valence-corrected chi connectivity index (χ3v) is 3.77. The van der Waals surface area contributed by atoms with E-state index in [0.29, 0.717) is 6.54 Å². The van der Waals surface area contributed by atoms with Crippen LogP contribution in [-0.4, -0.2) is 47.2 Å². The molecule has 0 saturated carbocycles. The predicted molar refractivity (Wildman–Crippen MR) is 65.2 cm³/mol. The number of nitrogen functional groups attached to an aromatic ring is 1. The van der Waals surface area contributed by atoms with Gasteiger partial charge in [-0.1, -0.05) is 0 Å². The Morgan fingerprint density at radius 2 is 2.22 bits per heavy atom. The highest BCUT2D eigenvalue weighted by Gasteiger charge is 2.26. The number of nitrogens with zero attached hydrogens (tertiary/aromatic N) is 2. The largest absolute Gasteiger partial charge is 0.393 e. The number of nitrogens with two attached hydrogens (primary N) is 1. The Morgan fingerprint density at radius 3 is 2.67 bits per heavy atom. The Balaban J connectivity index is 2.90. The van der Waals surface area contributed by atoms with Crippen molar-refractivity contribution < 1.29 is 18.6 Å². The minimum Gasteiger partial charge on any atom is -0.393 e. The van der Waals surface area contributed by atoms with Crippen LogP contribution in [0.1, 0.15) is 13.8 Å². The summed E-state index contributed by atoms with van der Waals surface area (Å²) in [6, 6.07) is 0. The number of anilines is 1. The molecule has 0 bridgehead atoms. The molecular weight excluding hydrogens is 260 g/mol. The molecule has 104 valence electrons. The van der Waals surface area contributed by atoms with Gasteiger partial charge in [-0.2, -0.15) is 5.10 Å². The van der Waals surface area contributed by atoms with Crippen LogP contribution < -0.4 is 10.5 Å². The highest BCUT2D eigenvalue weighted by atomic mass is 32.2. The Hall–Kier alpha value is -1.16. The minimum absolute atomic E-state index is 0.104. The van der Waals surface area contributed by atoms with E-state index < -0.39 is 22.2 Å². The molecule has 1 atom stereocenters. The van der Waals surface area contributed by atoms with Gasteiger partial charge in [-0.05, 0) is 13.8 Å². The molecule has 0 aliphatic carbocycles. The van der Waals surface area contributed by atoms with Crippen LogP contribution in [0.2, 0.25) is 0 Å². The number of rotatable bonds is 6. The molecule has 18 heavy (non-hydrogen) atoms. The first-order chi connectivity index (χ1) is 8.22. The number of aliphatic hydroxyl groups is 2. The molecule has 1 aromatic rings. The zero-order valence-electron chi connectivity index (χ0n) is 10.3. The average molecular weight is 278 g/mol. The summed E-state index contributed by atoms with van der Waals surface area (Å²) in [4.78, 5) is -0.141. The van der Waals surface area contributed by atoms with Gasteiger partial charge in [-0.15, -0.1) is 0 Å². The lowest BCUT2D eigenvalue weighted by molar-refractivity contribution is 0.00681. The Labute approximate surface area is 105 Å². The third kappa shape index (κ3) is 3.42. The smallest absolute Gasteiger partial charge is 0.245 e. The van der Waals surface area contributed by atoms with E-state index in [-0.39, 0.29) is 17.3 Å². The Bertz CT molecular complexity index is 509. The molecule has 0 fully saturated rings. The minimum atomic E-state index is -3.85. The van der Waals surface area contributed by atoms with Crippen molar-refractivity contribution in [1.82, 2.24) is 14.5 Å². The second kappa shape index (κ2) is 5.22. The molecule has 1 aromatic heterocycles. The van der Waals surface area contributed by atoms with Crippen molar-refractivity contribution in [2.24, 2.45) is 0 Å². The van der Waals surface area contributed by atoms with Gasteiger partial charge in [0.15, 0.2) is 5.82 Å². The third-order valence-electron chi connectivity index (χ3n) is 2.35. The van der Waals surface area contributed by atoms with Crippen molar-refractivity contribution in [1.29, 1.82) is 0 Å². The molecular formula is C9H18N4O4S. The van der Waals surface area contributed by atoms with Crippen LogP contribution in [0.15, 0.2) is 11.1 Å². The van der Waals surface area contributed by atoms with Crippen molar-refractivity contribution in [3.05, 3.63) is 6.20 Å². The van der Waals surface area contributed by atoms with E-state index >= 15 is 0 Å². The standard InChI is InChI=1S/C9H18N4O4S/c1-3-13-4-7(8(10)12-13)18(16,17)11-5-9(2,15)6-14/h4,11,14-15H,3,5-6H2,1-2H3,(H2,10,12). The van der Waals surface area contributed by atoms with E-state index in [0.717, 1.165) is 0 Å². The Kier molecular flexibility index (Phi) is 4.32. The lowest BCUT2D eigenvalue weighted by Gasteiger charge is -2.20. The Morgan fingerprint density at radius 1 is 1.61 bits per heavy atom. The molecule has 9 heteroatoms. The topological polar surface area (TPSA) is 130 Å². The number of nitrogens with one attached hydrogen (secondary N) is 1. The highest BCUT2D eigenvalue weighted by Crippen LogP contribution is 2.16. The first-order valence-corrected chi connectivity index (χ1v) is 6.86. The molecule has 0 aromatic carbocycles. The van der Waals surface area contributed by atoms with Crippen molar-refractivity contribution >= 4 is 15.8 Å². The van der Waals surface area contributed by atoms with Gasteiger partial charge in [0, 0.05) is 19.3 Å². The lowest BCUT2D eigenvalue weighted by atomic mass is 10.1. The first kappa shape index (κ1) is 14.9. The fraction of sp³-hybridized carbons (Fsp3) is 0.667. The zero-order valence-corrected chi connectivity index (χ0v) is 11.1. The van der Waals surface area contributed by atoms with Gasteiger partial charge in [0.05, 0.1) is 12.2 Å². The molecule has 0 aliphatic heterocycles. The number of hydrogen-bond donors (Lipinski definition) is 4. The summed E-state index contributed by atoms with van der Waals surface area (Å²) >= 11 is 0. The van der Waals surface area contributed by atoms with E-state index in [1.54, 1.807) is 6.92 Å². The normalized spacial score (nSPS) is 15.6. The van der Waals surface area contributed by atoms with Gasteiger partial charge in [-0.25, -0.2) is 13.1 Å². The monoisotopic (exact) mass is 278 g/mol. The lowest BCUT2D eigenvalue weighted by Crippen LogP contribution is -2.43. The van der Waals surface area contributed by atoms with E-state index in [1.165, 1.54) is 17.8 Å². The number of aryl methyl sites for hydroxylation is 1. The molecule has 1 unspecified atom stereocenters. The van der Waals surface area contributed by atoms with Gasteiger partial charge in [0.1, 0.15) is 4.90 Å². The van der Waals surface area contributed by atoms with Crippen molar-refractivity contribution in [3.63, 3.8) is 0 Å². The predicted octanol–water partition coefficient (Wildman–Crippen LogP) is -1.49. The summed E-state index contributed by atoms with van der Waals surface area (Å²) in [5.41, 5.74) is 3.99. The molecule has 0 amide bonds. The van der Waals surface area contributed by atoms with Crippen molar-refractivity contribution in [2.45, 2.75) is 30.9 Å². The van der Waals surface area contributed by atoms with Crippen molar-refractivity contribution in [3.8, 4) is 0 Å². The van der Waals surface area contributed by atoms with Crippen LogP contribution >= 0.6 is 0 Å². The summed E-state index contributed by atoms with van der Waals surface area (Å²) in [6.45, 7) is 2.73. The molecule has 1 rings (SSSR count). The average Bonchev–Trinajstić information content (AvgIpc) is 2.69. The molecule has 1 heterocycles. The summed E-state index contributed by atoms with van der Waals surface area (Å²) in [5.74, 6) is -0.104. The first-order valence-electron chi connectivity index (χ1n) is 5.37. The molecule has 8 nitrogen and oxygen atoms in total. The molecule has 0 aliphatic rings. The van der Waals surface area contributed by atoms with Crippen molar-refractivity contribution in [2.75, 3.05) is 18.9 Å². The molecule has 0 radical (unpaired) electrons. The highest BCUT2D eigenvalue weighted by molar-refractivity contribution is 7.89. The number of hydrogen-bond acceptors (Lipinski definition) is 6. The molecule has 0 spiro atoms. The fourth-order valence-electron chi connectivity index (χ4n) is 1.17. The van der Waals surface area contributed by atoms with E-state index in [2.05, 4.69) is 9.82 Å². The number of aromatic nitrogens is 2. The van der Waals surface area contributed by atoms with Gasteiger partial charge >= 0.3 is 0 Å². The molecule has 5 N–H and O–H groups in total. The van der Waals surface area contributed by atoms with Crippen LogP contribution in [0.3, 0.4) is 0 Å². The number of aliphatic hydroxyl groups excluding tert-OH is 1. The van der Waals surface area contributed by atoms with E-state index in [9.17, 15) is 13.5 Å². The van der Waals surface area contributed by atoms with Gasteiger partial charge in [0.25, 0.3) is 0 Å². The summed E-state index contributed by atoms with van der Waals surface area (Å²) in [6.07, 6.45) is 1.31. The van der Waals surface area contributed by atoms with Crippen LogP contribution in [0.5, 0.6) is 0 Å². The maximum atomic E-state index is 11.9. The van der Waals surface area contributed by atoms with E-state index in [4.69, 9.17) is 10.8 Å². The van der Waals surface area contributed by atoms with E-state index in [1.807, 2.05) is 0 Å². The maximum absolute atomic E-state index is 11.9. The van der Waals surface area contributed by atoms with Crippen LogP contribution in [0, 0.1) is 0 Å². The maximum Gasteiger partial charge on any atom is 0.245 e. The zero-order chi connectivity index (χ0) is 14.0. The molecule has 0 saturated heterocycles. The number of sulfonamides is 1. The van der Waals surface area contributed by atoms with Gasteiger partial charge in [0.2, 0.25) is 10.0 Å². The fourth-order valence-corrected chi connectivity index (χ4v) is 2.40. The summed E-state index contributed by atoms with van der Waals surface area (Å²) < 4.78 is 27.4. The second-order valence-electron chi connectivity index (χ2n) is 4.21. The summed E-state index contributed by atoms with van der Waals surface area (Å²) in [7, 11) is -3.85. The van der Waals surface area contributed by atoms with Crippen LogP contribution in [-0.2, 0) is 16.6 Å². The quantitative estimate of drug-likeness (QED) is 0.501. The van der Waals surface area contributed by atoms with Gasteiger partial charge < -0.3 is 15.9 Å². The van der Waals surface area contributed by atoms with Gasteiger partial charge in [-0.3, -0.25) is 4.68 Å². The SMILES string of the molecule is CCn1cc(S(=O)(=O)NCC(C)(O)CO)c(N)n1.